The van der Waals surface area contributed by atoms with Crippen LogP contribution in [0.25, 0.3) is 20.7 Å². The normalized spacial score (nSPS) is 14.8. The topological polar surface area (TPSA) is 50.3 Å². The Morgan fingerprint density at radius 1 is 0.933 bits per heavy atom. The van der Waals surface area contributed by atoms with Crippen LogP contribution in [0.1, 0.15) is 11.1 Å². The minimum absolute atomic E-state index is 0.739. The zero-order valence-corrected chi connectivity index (χ0v) is 17.6. The number of ether oxygens (including phenoxy) is 1. The minimum atomic E-state index is 0.739. The van der Waals surface area contributed by atoms with Gasteiger partial charge in [-0.1, -0.05) is 54.6 Å². The molecule has 2 aromatic heterocycles. The third-order valence-electron chi connectivity index (χ3n) is 5.45. The van der Waals surface area contributed by atoms with Gasteiger partial charge < -0.3 is 10.1 Å². The van der Waals surface area contributed by atoms with Gasteiger partial charge in [0.25, 0.3) is 0 Å². The van der Waals surface area contributed by atoms with Crippen molar-refractivity contribution in [2.24, 2.45) is 0 Å². The van der Waals surface area contributed by atoms with Crippen LogP contribution in [0.5, 0.6) is 0 Å². The Balaban J connectivity index is 1.36. The first-order valence-electron chi connectivity index (χ1n) is 10.3. The number of benzene rings is 2. The first kappa shape index (κ1) is 19.2. The molecule has 0 aliphatic carbocycles. The largest absolute Gasteiger partial charge is 0.379 e. The zero-order chi connectivity index (χ0) is 20.2. The summed E-state index contributed by atoms with van der Waals surface area (Å²) in [7, 11) is 0. The number of hydrogen-bond acceptors (Lipinski definition) is 6. The molecule has 1 saturated heterocycles. The fourth-order valence-electron chi connectivity index (χ4n) is 3.80. The Morgan fingerprint density at radius 2 is 1.70 bits per heavy atom. The number of hydrogen-bond donors (Lipinski definition) is 1. The second kappa shape index (κ2) is 8.92. The summed E-state index contributed by atoms with van der Waals surface area (Å²) in [6, 6.07) is 21.3. The average Bonchev–Trinajstić information content (AvgIpc) is 3.25. The predicted molar refractivity (Wildman–Crippen MR) is 123 cm³/mol. The number of nitrogens with one attached hydrogen (secondary N) is 1. The summed E-state index contributed by atoms with van der Waals surface area (Å²) in [5.41, 5.74) is 3.86. The van der Waals surface area contributed by atoms with Gasteiger partial charge in [-0.3, -0.25) is 4.90 Å². The van der Waals surface area contributed by atoms with Crippen LogP contribution >= 0.6 is 11.3 Å². The monoisotopic (exact) mass is 416 g/mol. The fourth-order valence-corrected chi connectivity index (χ4v) is 4.81. The van der Waals surface area contributed by atoms with Gasteiger partial charge in [0.05, 0.1) is 18.6 Å². The summed E-state index contributed by atoms with van der Waals surface area (Å²) in [5, 5.41) is 4.63. The highest BCUT2D eigenvalue weighted by Crippen LogP contribution is 2.35. The van der Waals surface area contributed by atoms with E-state index in [1.54, 1.807) is 17.7 Å². The quantitative estimate of drug-likeness (QED) is 0.489. The molecular formula is C24H24N4OS. The molecule has 5 rings (SSSR count). The molecule has 3 heterocycles. The minimum Gasteiger partial charge on any atom is -0.379 e. The van der Waals surface area contributed by atoms with Crippen LogP contribution in [0.2, 0.25) is 0 Å². The van der Waals surface area contributed by atoms with E-state index in [1.807, 2.05) is 6.07 Å². The predicted octanol–water partition coefficient (Wildman–Crippen LogP) is 4.80. The summed E-state index contributed by atoms with van der Waals surface area (Å²) < 4.78 is 5.48. The summed E-state index contributed by atoms with van der Waals surface area (Å²) >= 11 is 1.70. The number of rotatable bonds is 6. The van der Waals surface area contributed by atoms with Crippen molar-refractivity contribution in [1.82, 2.24) is 14.9 Å². The van der Waals surface area contributed by atoms with E-state index in [9.17, 15) is 0 Å². The van der Waals surface area contributed by atoms with Crippen LogP contribution in [-0.4, -0.2) is 41.2 Å². The molecular weight excluding hydrogens is 392 g/mol. The van der Waals surface area contributed by atoms with Crippen molar-refractivity contribution in [1.29, 1.82) is 0 Å². The smallest absolute Gasteiger partial charge is 0.138 e. The molecule has 0 saturated carbocycles. The lowest BCUT2D eigenvalue weighted by Crippen LogP contribution is -2.35. The molecule has 0 unspecified atom stereocenters. The van der Waals surface area contributed by atoms with E-state index in [2.05, 4.69) is 74.8 Å². The molecule has 1 fully saturated rings. The first-order valence-corrected chi connectivity index (χ1v) is 11.1. The van der Waals surface area contributed by atoms with Crippen molar-refractivity contribution in [2.45, 2.75) is 13.1 Å². The highest BCUT2D eigenvalue weighted by molar-refractivity contribution is 7.21. The lowest BCUT2D eigenvalue weighted by molar-refractivity contribution is 0.0341. The highest BCUT2D eigenvalue weighted by atomic mass is 32.1. The number of thiophene rings is 1. The Hall–Kier alpha value is -2.80. The summed E-state index contributed by atoms with van der Waals surface area (Å²) in [6.07, 6.45) is 1.65. The maximum atomic E-state index is 5.48. The van der Waals surface area contributed by atoms with Crippen molar-refractivity contribution < 1.29 is 4.74 Å². The van der Waals surface area contributed by atoms with Gasteiger partial charge in [0.1, 0.15) is 17.0 Å². The van der Waals surface area contributed by atoms with Gasteiger partial charge in [-0.2, -0.15) is 0 Å². The van der Waals surface area contributed by atoms with Crippen LogP contribution in [-0.2, 0) is 17.8 Å². The molecule has 30 heavy (non-hydrogen) atoms. The molecule has 0 amide bonds. The molecule has 152 valence electrons. The first-order chi connectivity index (χ1) is 14.9. The Bertz CT molecular complexity index is 1120. The van der Waals surface area contributed by atoms with Gasteiger partial charge in [-0.05, 0) is 22.8 Å². The van der Waals surface area contributed by atoms with Gasteiger partial charge in [-0.15, -0.1) is 11.3 Å². The number of morpholine rings is 1. The van der Waals surface area contributed by atoms with Crippen LogP contribution in [0.15, 0.2) is 67.0 Å². The van der Waals surface area contributed by atoms with Crippen molar-refractivity contribution in [2.75, 3.05) is 31.6 Å². The molecule has 1 aliphatic rings. The van der Waals surface area contributed by atoms with Crippen molar-refractivity contribution in [3.05, 3.63) is 78.1 Å². The number of nitrogens with zero attached hydrogens (tertiary/aromatic N) is 3. The van der Waals surface area contributed by atoms with E-state index in [0.29, 0.717) is 0 Å². The van der Waals surface area contributed by atoms with E-state index < -0.39 is 0 Å². The lowest BCUT2D eigenvalue weighted by Gasteiger charge is -2.27. The number of aromatic nitrogens is 2. The Morgan fingerprint density at radius 3 is 2.53 bits per heavy atom. The molecule has 0 radical (unpaired) electrons. The fraction of sp³-hybridized carbons (Fsp3) is 0.250. The van der Waals surface area contributed by atoms with Gasteiger partial charge >= 0.3 is 0 Å². The third kappa shape index (κ3) is 4.21. The van der Waals surface area contributed by atoms with Crippen molar-refractivity contribution in [3.8, 4) is 10.4 Å². The summed E-state index contributed by atoms with van der Waals surface area (Å²) in [6.45, 7) is 5.32. The molecule has 6 heteroatoms. The van der Waals surface area contributed by atoms with Crippen molar-refractivity contribution >= 4 is 27.4 Å². The standard InChI is InChI=1S/C24H24N4OS/c1-2-6-18(7-3-1)22-14-21-23(26-17-27-24(21)30-22)25-15-19-8-4-5-9-20(19)16-28-10-12-29-13-11-28/h1-9,14,17H,10-13,15-16H2,(H,25,26,27). The van der Waals surface area contributed by atoms with Crippen molar-refractivity contribution in [3.63, 3.8) is 0 Å². The van der Waals surface area contributed by atoms with Gasteiger partial charge in [0, 0.05) is 31.1 Å². The molecule has 1 aliphatic heterocycles. The zero-order valence-electron chi connectivity index (χ0n) is 16.8. The molecule has 2 aromatic carbocycles. The lowest BCUT2D eigenvalue weighted by atomic mass is 10.1. The van der Waals surface area contributed by atoms with E-state index in [1.165, 1.54) is 21.6 Å². The Labute approximate surface area is 180 Å². The number of anilines is 1. The molecule has 1 N–H and O–H groups in total. The highest BCUT2D eigenvalue weighted by Gasteiger charge is 2.14. The molecule has 5 nitrogen and oxygen atoms in total. The van der Waals surface area contributed by atoms with Crippen LogP contribution in [0.4, 0.5) is 5.82 Å². The summed E-state index contributed by atoms with van der Waals surface area (Å²) in [5.74, 6) is 0.889. The molecule has 0 bridgehead atoms. The summed E-state index contributed by atoms with van der Waals surface area (Å²) in [4.78, 5) is 13.7. The van der Waals surface area contributed by atoms with E-state index in [0.717, 1.165) is 55.4 Å². The second-order valence-corrected chi connectivity index (χ2v) is 8.46. The maximum Gasteiger partial charge on any atom is 0.138 e. The third-order valence-corrected chi connectivity index (χ3v) is 6.54. The van der Waals surface area contributed by atoms with E-state index >= 15 is 0 Å². The van der Waals surface area contributed by atoms with Crippen LogP contribution in [0.3, 0.4) is 0 Å². The van der Waals surface area contributed by atoms with E-state index in [-0.39, 0.29) is 0 Å². The van der Waals surface area contributed by atoms with E-state index in [4.69, 9.17) is 4.74 Å². The average molecular weight is 417 g/mol. The van der Waals surface area contributed by atoms with Gasteiger partial charge in [0.15, 0.2) is 0 Å². The second-order valence-electron chi connectivity index (χ2n) is 7.43. The maximum absolute atomic E-state index is 5.48. The van der Waals surface area contributed by atoms with Gasteiger partial charge in [0.2, 0.25) is 0 Å². The molecule has 4 aromatic rings. The van der Waals surface area contributed by atoms with Crippen LogP contribution < -0.4 is 5.32 Å². The van der Waals surface area contributed by atoms with Crippen LogP contribution in [0, 0.1) is 0 Å². The van der Waals surface area contributed by atoms with Gasteiger partial charge in [-0.25, -0.2) is 9.97 Å². The SMILES string of the molecule is c1ccc(-c2cc3c(NCc4ccccc4CN4CCOCC4)ncnc3s2)cc1. The molecule has 0 spiro atoms. The Kier molecular flexibility index (Phi) is 5.70. The number of fused-ring (bicyclic) bond motifs is 1. The molecule has 0 atom stereocenters.